The van der Waals surface area contributed by atoms with Crippen molar-refractivity contribution < 1.29 is 13.9 Å². The van der Waals surface area contributed by atoms with Crippen molar-refractivity contribution in [3.8, 4) is 5.75 Å². The van der Waals surface area contributed by atoms with Gasteiger partial charge in [0.05, 0.1) is 24.1 Å². The molecule has 1 unspecified atom stereocenters. The van der Waals surface area contributed by atoms with Gasteiger partial charge in [-0.25, -0.2) is 0 Å². The predicted octanol–water partition coefficient (Wildman–Crippen LogP) is 5.17. The maximum Gasteiger partial charge on any atom is 0.295 e. The number of methoxy groups -OCH3 is 1. The number of hydrogen-bond acceptors (Lipinski definition) is 4. The molecule has 0 fully saturated rings. The van der Waals surface area contributed by atoms with Crippen LogP contribution in [0.5, 0.6) is 5.75 Å². The fraction of sp³-hybridized carbons (Fsp3) is 0.154. The van der Waals surface area contributed by atoms with Gasteiger partial charge in [0.1, 0.15) is 11.3 Å². The van der Waals surface area contributed by atoms with Crippen LogP contribution in [0.25, 0.3) is 11.0 Å². The Morgan fingerprint density at radius 3 is 2.39 bits per heavy atom. The van der Waals surface area contributed by atoms with E-state index in [1.807, 2.05) is 80.6 Å². The minimum absolute atomic E-state index is 0.0948. The van der Waals surface area contributed by atoms with E-state index < -0.39 is 6.04 Å². The third kappa shape index (κ3) is 2.93. The second-order valence-corrected chi connectivity index (χ2v) is 7.80. The van der Waals surface area contributed by atoms with Gasteiger partial charge in [0.2, 0.25) is 5.76 Å². The summed E-state index contributed by atoms with van der Waals surface area (Å²) >= 11 is 0. The number of rotatable bonds is 3. The molecule has 0 N–H and O–H groups in total. The number of benzene rings is 3. The monoisotopic (exact) mass is 411 g/mol. The molecule has 1 aliphatic rings. The van der Waals surface area contributed by atoms with Gasteiger partial charge >= 0.3 is 0 Å². The van der Waals surface area contributed by atoms with E-state index in [4.69, 9.17) is 9.15 Å². The Hall–Kier alpha value is -3.86. The predicted molar refractivity (Wildman–Crippen MR) is 120 cm³/mol. The number of hydrogen-bond donors (Lipinski definition) is 0. The van der Waals surface area contributed by atoms with Gasteiger partial charge < -0.3 is 9.15 Å². The molecule has 5 nitrogen and oxygen atoms in total. The maximum atomic E-state index is 13.7. The third-order valence-electron chi connectivity index (χ3n) is 5.93. The van der Waals surface area contributed by atoms with Gasteiger partial charge in [-0.1, -0.05) is 30.3 Å². The third-order valence-corrected chi connectivity index (χ3v) is 5.93. The lowest BCUT2D eigenvalue weighted by Crippen LogP contribution is -2.29. The molecular weight excluding hydrogens is 390 g/mol. The highest BCUT2D eigenvalue weighted by atomic mass is 16.5. The minimum atomic E-state index is -0.609. The summed E-state index contributed by atoms with van der Waals surface area (Å²) < 4.78 is 11.5. The maximum absolute atomic E-state index is 13.7. The topological polar surface area (TPSA) is 59.8 Å². The highest BCUT2D eigenvalue weighted by Gasteiger charge is 2.43. The Balaban J connectivity index is 1.83. The molecule has 0 aliphatic carbocycles. The van der Waals surface area contributed by atoms with Gasteiger partial charge in [0.15, 0.2) is 5.43 Å². The second kappa shape index (κ2) is 7.13. The Morgan fingerprint density at radius 1 is 0.903 bits per heavy atom. The van der Waals surface area contributed by atoms with Crippen LogP contribution in [0.4, 0.5) is 5.69 Å². The molecule has 2 heterocycles. The van der Waals surface area contributed by atoms with E-state index in [0.29, 0.717) is 28.0 Å². The summed E-state index contributed by atoms with van der Waals surface area (Å²) in [6.07, 6.45) is 0. The fourth-order valence-corrected chi connectivity index (χ4v) is 4.21. The van der Waals surface area contributed by atoms with Crippen molar-refractivity contribution in [2.75, 3.05) is 12.0 Å². The van der Waals surface area contributed by atoms with Gasteiger partial charge in [-0.2, -0.15) is 0 Å². The summed E-state index contributed by atoms with van der Waals surface area (Å²) in [6.45, 7) is 3.92. The molecular formula is C26H21NO4. The molecule has 0 radical (unpaired) electrons. The van der Waals surface area contributed by atoms with E-state index in [1.165, 1.54) is 0 Å². The average Bonchev–Trinajstić information content (AvgIpc) is 3.08. The number of amides is 1. The molecule has 0 saturated heterocycles. The second-order valence-electron chi connectivity index (χ2n) is 7.80. The van der Waals surface area contributed by atoms with Crippen LogP contribution >= 0.6 is 0 Å². The summed E-state index contributed by atoms with van der Waals surface area (Å²) in [5.41, 5.74) is 4.09. The van der Waals surface area contributed by atoms with E-state index in [1.54, 1.807) is 12.0 Å². The molecule has 3 aromatic carbocycles. The zero-order valence-electron chi connectivity index (χ0n) is 17.5. The summed E-state index contributed by atoms with van der Waals surface area (Å²) in [5, 5.41) is 0.484. The average molecular weight is 411 g/mol. The van der Waals surface area contributed by atoms with Crippen molar-refractivity contribution in [3.05, 3.63) is 105 Å². The number of anilines is 1. The van der Waals surface area contributed by atoms with E-state index in [-0.39, 0.29) is 17.1 Å². The van der Waals surface area contributed by atoms with Crippen LogP contribution in [-0.4, -0.2) is 13.0 Å². The normalized spacial score (nSPS) is 15.4. The molecule has 5 rings (SSSR count). The number of carbonyl (C=O) groups excluding carboxylic acids is 1. The van der Waals surface area contributed by atoms with Crippen LogP contribution in [-0.2, 0) is 0 Å². The number of aryl methyl sites for hydroxylation is 2. The van der Waals surface area contributed by atoms with Gasteiger partial charge in [-0.05, 0) is 66.9 Å². The standard InChI is InChI=1S/C26H21NO4/c1-15-12-20-21(13-16(15)2)31-25-22(24(20)28)23(17-8-7-11-19(14-17)30-3)27(26(25)29)18-9-5-4-6-10-18/h4-14,23H,1-3H3. The first kappa shape index (κ1) is 19.1. The number of ether oxygens (including phenoxy) is 1. The van der Waals surface area contributed by atoms with Crippen LogP contribution in [0, 0.1) is 13.8 Å². The molecule has 4 aromatic rings. The summed E-state index contributed by atoms with van der Waals surface area (Å²) in [5.74, 6) is 0.423. The number of carbonyl (C=O) groups is 1. The largest absolute Gasteiger partial charge is 0.497 e. The Labute approximate surface area is 179 Å². The van der Waals surface area contributed by atoms with Crippen molar-refractivity contribution in [2.45, 2.75) is 19.9 Å². The first-order chi connectivity index (χ1) is 15.0. The van der Waals surface area contributed by atoms with Crippen molar-refractivity contribution in [3.63, 3.8) is 0 Å². The number of fused-ring (bicyclic) bond motifs is 2. The smallest absolute Gasteiger partial charge is 0.295 e. The molecule has 5 heteroatoms. The number of nitrogens with zero attached hydrogens (tertiary/aromatic N) is 1. The van der Waals surface area contributed by atoms with E-state index in [2.05, 4.69) is 0 Å². The molecule has 0 spiro atoms. The van der Waals surface area contributed by atoms with Crippen molar-refractivity contribution >= 4 is 22.6 Å². The zero-order valence-corrected chi connectivity index (χ0v) is 17.5. The fourth-order valence-electron chi connectivity index (χ4n) is 4.21. The SMILES string of the molecule is COc1cccc(C2c3c(oc4cc(C)c(C)cc4c3=O)C(=O)N2c2ccccc2)c1. The highest BCUT2D eigenvalue weighted by Crippen LogP contribution is 2.41. The lowest BCUT2D eigenvalue weighted by atomic mass is 9.97. The van der Waals surface area contributed by atoms with Gasteiger partial charge in [-0.15, -0.1) is 0 Å². The zero-order chi connectivity index (χ0) is 21.7. The van der Waals surface area contributed by atoms with E-state index >= 15 is 0 Å². The Bertz CT molecular complexity index is 1390. The lowest BCUT2D eigenvalue weighted by Gasteiger charge is -2.25. The first-order valence-corrected chi connectivity index (χ1v) is 10.1. The van der Waals surface area contributed by atoms with E-state index in [0.717, 1.165) is 16.7 Å². The molecule has 0 saturated carbocycles. The van der Waals surface area contributed by atoms with Crippen LogP contribution in [0.2, 0.25) is 0 Å². The van der Waals surface area contributed by atoms with Gasteiger partial charge in [-0.3, -0.25) is 14.5 Å². The van der Waals surface area contributed by atoms with Crippen LogP contribution in [0.15, 0.2) is 75.9 Å². The van der Waals surface area contributed by atoms with Crippen LogP contribution in [0.3, 0.4) is 0 Å². The molecule has 154 valence electrons. The molecule has 0 bridgehead atoms. The first-order valence-electron chi connectivity index (χ1n) is 10.1. The molecule has 1 atom stereocenters. The molecule has 1 aromatic heterocycles. The van der Waals surface area contributed by atoms with Crippen molar-refractivity contribution in [2.24, 2.45) is 0 Å². The quantitative estimate of drug-likeness (QED) is 0.467. The van der Waals surface area contributed by atoms with Crippen molar-refractivity contribution in [1.29, 1.82) is 0 Å². The molecule has 1 amide bonds. The Morgan fingerprint density at radius 2 is 1.65 bits per heavy atom. The summed E-state index contributed by atoms with van der Waals surface area (Å²) in [4.78, 5) is 28.8. The number of para-hydroxylation sites is 1. The van der Waals surface area contributed by atoms with Crippen LogP contribution in [0.1, 0.15) is 38.9 Å². The summed E-state index contributed by atoms with van der Waals surface area (Å²) in [6, 6.07) is 19.8. The summed E-state index contributed by atoms with van der Waals surface area (Å²) in [7, 11) is 1.59. The minimum Gasteiger partial charge on any atom is -0.497 e. The van der Waals surface area contributed by atoms with Gasteiger partial charge in [0.25, 0.3) is 5.91 Å². The Kier molecular flexibility index (Phi) is 4.40. The lowest BCUT2D eigenvalue weighted by molar-refractivity contribution is 0.0971. The molecule has 1 aliphatic heterocycles. The van der Waals surface area contributed by atoms with Gasteiger partial charge in [0, 0.05) is 5.69 Å². The highest BCUT2D eigenvalue weighted by molar-refractivity contribution is 6.10. The van der Waals surface area contributed by atoms with E-state index in [9.17, 15) is 9.59 Å². The molecule has 31 heavy (non-hydrogen) atoms. The van der Waals surface area contributed by atoms with Crippen LogP contribution < -0.4 is 15.1 Å². The van der Waals surface area contributed by atoms with Crippen molar-refractivity contribution in [1.82, 2.24) is 0 Å².